The highest BCUT2D eigenvalue weighted by molar-refractivity contribution is 5.70. The summed E-state index contributed by atoms with van der Waals surface area (Å²) in [5.41, 5.74) is 2.87. The highest BCUT2D eigenvalue weighted by Gasteiger charge is 2.27. The lowest BCUT2D eigenvalue weighted by molar-refractivity contribution is -0.138. The van der Waals surface area contributed by atoms with Gasteiger partial charge in [0.25, 0.3) is 0 Å². The summed E-state index contributed by atoms with van der Waals surface area (Å²) in [5, 5.41) is 9.19. The maximum absolute atomic E-state index is 15.1. The third kappa shape index (κ3) is 9.87. The maximum atomic E-state index is 15.1. The Bertz CT molecular complexity index is 818. The molecule has 0 aliphatic heterocycles. The van der Waals surface area contributed by atoms with Crippen molar-refractivity contribution in [3.63, 3.8) is 0 Å². The molecule has 0 aromatic heterocycles. The van der Waals surface area contributed by atoms with E-state index in [1.807, 2.05) is 48.5 Å². The largest absolute Gasteiger partial charge is 0.494 e. The lowest BCUT2D eigenvalue weighted by atomic mass is 9.83. The van der Waals surface area contributed by atoms with Crippen molar-refractivity contribution < 1.29 is 19.0 Å². The number of carboxylic acids is 1. The number of carboxylic acid groups (broad SMARTS) is 1. The molecule has 0 spiro atoms. The third-order valence-corrected chi connectivity index (χ3v) is 6.47. The maximum Gasteiger partial charge on any atom is 0.306 e. The van der Waals surface area contributed by atoms with Gasteiger partial charge in [-0.1, -0.05) is 108 Å². The molecule has 4 heteroatoms. The molecule has 2 aromatic carbocycles. The van der Waals surface area contributed by atoms with Gasteiger partial charge < -0.3 is 9.84 Å². The van der Waals surface area contributed by atoms with E-state index in [1.54, 1.807) is 0 Å². The summed E-state index contributed by atoms with van der Waals surface area (Å²) in [4.78, 5) is 11.2. The molecule has 3 nitrogen and oxygen atoms in total. The fourth-order valence-corrected chi connectivity index (χ4v) is 4.52. The van der Waals surface area contributed by atoms with Crippen LogP contribution in [0.2, 0.25) is 0 Å². The molecule has 0 bridgehead atoms. The van der Waals surface area contributed by atoms with Gasteiger partial charge in [0.1, 0.15) is 11.9 Å². The van der Waals surface area contributed by atoms with Gasteiger partial charge in [0.05, 0.1) is 13.0 Å². The van der Waals surface area contributed by atoms with Crippen LogP contribution in [0, 0.1) is 0 Å². The van der Waals surface area contributed by atoms with Gasteiger partial charge in [0.15, 0.2) is 0 Å². The van der Waals surface area contributed by atoms with E-state index < -0.39 is 24.5 Å². The molecular weight excluding hydrogens is 427 g/mol. The van der Waals surface area contributed by atoms with Gasteiger partial charge in [0, 0.05) is 5.92 Å². The fraction of sp³-hybridized carbons (Fsp3) is 0.567. The number of rotatable bonds is 18. The first-order valence-corrected chi connectivity index (χ1v) is 13.2. The number of aliphatic carboxylic acids is 1. The Morgan fingerprint density at radius 3 is 2.15 bits per heavy atom. The lowest BCUT2D eigenvalue weighted by Crippen LogP contribution is -2.19. The molecule has 0 aliphatic carbocycles. The van der Waals surface area contributed by atoms with Crippen LogP contribution in [-0.4, -0.2) is 23.9 Å². The van der Waals surface area contributed by atoms with Crippen molar-refractivity contribution in [2.75, 3.05) is 6.61 Å². The Labute approximate surface area is 205 Å². The zero-order chi connectivity index (χ0) is 24.6. The lowest BCUT2D eigenvalue weighted by Gasteiger charge is -2.24. The van der Waals surface area contributed by atoms with Crippen LogP contribution in [0.25, 0.3) is 11.1 Å². The quantitative estimate of drug-likeness (QED) is 0.221. The molecule has 2 aromatic rings. The van der Waals surface area contributed by atoms with E-state index in [4.69, 9.17) is 4.74 Å². The molecule has 0 aliphatic rings. The number of alkyl halides is 1. The zero-order valence-electron chi connectivity index (χ0n) is 21.1. The average Bonchev–Trinajstić information content (AvgIpc) is 2.83. The van der Waals surface area contributed by atoms with Gasteiger partial charge in [0.2, 0.25) is 0 Å². The van der Waals surface area contributed by atoms with Crippen LogP contribution in [-0.2, 0) is 4.79 Å². The predicted molar refractivity (Wildman–Crippen MR) is 139 cm³/mol. The molecule has 2 unspecified atom stereocenters. The number of hydrogen-bond acceptors (Lipinski definition) is 2. The Kier molecular flexibility index (Phi) is 13.4. The summed E-state index contributed by atoms with van der Waals surface area (Å²) in [7, 11) is 0. The van der Waals surface area contributed by atoms with Crippen molar-refractivity contribution in [2.45, 2.75) is 103 Å². The van der Waals surface area contributed by atoms with Crippen LogP contribution in [0.15, 0.2) is 48.5 Å². The molecule has 0 radical (unpaired) electrons. The predicted octanol–water partition coefficient (Wildman–Crippen LogP) is 8.96. The molecule has 0 amide bonds. The minimum atomic E-state index is -1.40. The van der Waals surface area contributed by atoms with Crippen LogP contribution in [0.3, 0.4) is 0 Å². The summed E-state index contributed by atoms with van der Waals surface area (Å²) < 4.78 is 21.1. The van der Waals surface area contributed by atoms with Crippen LogP contribution in [0.5, 0.6) is 5.75 Å². The van der Waals surface area contributed by atoms with Crippen LogP contribution < -0.4 is 4.74 Å². The van der Waals surface area contributed by atoms with Gasteiger partial charge >= 0.3 is 5.97 Å². The molecule has 1 N–H and O–H groups in total. The highest BCUT2D eigenvalue weighted by atomic mass is 19.1. The van der Waals surface area contributed by atoms with E-state index in [-0.39, 0.29) is 0 Å². The summed E-state index contributed by atoms with van der Waals surface area (Å²) in [6.45, 7) is 5.10. The minimum Gasteiger partial charge on any atom is -0.494 e. The molecule has 0 heterocycles. The van der Waals surface area contributed by atoms with Gasteiger partial charge in [-0.3, -0.25) is 4.79 Å². The summed E-state index contributed by atoms with van der Waals surface area (Å²) >= 11 is 0. The Hall–Kier alpha value is -2.36. The number of carbonyl (C=O) groups is 1. The first-order chi connectivity index (χ1) is 16.6. The van der Waals surface area contributed by atoms with Gasteiger partial charge in [-0.25, -0.2) is 4.39 Å². The van der Waals surface area contributed by atoms with Crippen LogP contribution in [0.4, 0.5) is 4.39 Å². The van der Waals surface area contributed by atoms with E-state index in [2.05, 4.69) is 13.8 Å². The molecule has 188 valence electrons. The zero-order valence-corrected chi connectivity index (χ0v) is 21.1. The number of benzene rings is 2. The van der Waals surface area contributed by atoms with E-state index in [9.17, 15) is 9.90 Å². The van der Waals surface area contributed by atoms with Crippen molar-refractivity contribution in [3.8, 4) is 16.9 Å². The Morgan fingerprint density at radius 2 is 1.47 bits per heavy atom. The smallest absolute Gasteiger partial charge is 0.306 e. The van der Waals surface area contributed by atoms with Crippen molar-refractivity contribution in [3.05, 3.63) is 54.1 Å². The van der Waals surface area contributed by atoms with Crippen molar-refractivity contribution >= 4 is 5.97 Å². The fourth-order valence-electron chi connectivity index (χ4n) is 4.52. The molecule has 34 heavy (non-hydrogen) atoms. The molecule has 2 rings (SSSR count). The third-order valence-electron chi connectivity index (χ3n) is 6.47. The van der Waals surface area contributed by atoms with Crippen LogP contribution in [0.1, 0.15) is 102 Å². The van der Waals surface area contributed by atoms with E-state index in [0.29, 0.717) is 6.42 Å². The molecule has 0 fully saturated rings. The van der Waals surface area contributed by atoms with Gasteiger partial charge in [-0.05, 0) is 41.7 Å². The summed E-state index contributed by atoms with van der Waals surface area (Å²) in [6.07, 6.45) is 10.4. The molecule has 2 atom stereocenters. The Balaban J connectivity index is 2.08. The van der Waals surface area contributed by atoms with E-state index in [0.717, 1.165) is 61.2 Å². The summed E-state index contributed by atoms with van der Waals surface area (Å²) in [5.74, 6) is -0.664. The SMILES string of the molecule is CCCCCCCCOc1ccc(-c2ccccc2C(CCCCCC)C(F)CC(=O)O)cc1. The van der Waals surface area contributed by atoms with Crippen molar-refractivity contribution in [2.24, 2.45) is 0 Å². The molecule has 0 saturated heterocycles. The average molecular weight is 471 g/mol. The second-order valence-electron chi connectivity index (χ2n) is 9.30. The topological polar surface area (TPSA) is 46.5 Å². The first-order valence-electron chi connectivity index (χ1n) is 13.2. The van der Waals surface area contributed by atoms with Crippen molar-refractivity contribution in [1.82, 2.24) is 0 Å². The monoisotopic (exact) mass is 470 g/mol. The van der Waals surface area contributed by atoms with Gasteiger partial charge in [-0.2, -0.15) is 0 Å². The number of unbranched alkanes of at least 4 members (excludes halogenated alkanes) is 8. The van der Waals surface area contributed by atoms with Crippen LogP contribution >= 0.6 is 0 Å². The molecular formula is C30H43FO3. The van der Waals surface area contributed by atoms with Crippen molar-refractivity contribution in [1.29, 1.82) is 0 Å². The standard InChI is InChI=1S/C30H43FO3/c1-3-5-7-9-10-14-22-34-25-20-18-24(19-21-25)26-15-12-13-16-27(26)28(17-11-8-6-4-2)29(31)23-30(32)33/h12-13,15-16,18-21,28-29H,3-11,14,17,22-23H2,1-2H3,(H,32,33). The Morgan fingerprint density at radius 1 is 0.853 bits per heavy atom. The number of halogens is 1. The first kappa shape index (κ1) is 27.9. The van der Waals surface area contributed by atoms with E-state index in [1.165, 1.54) is 32.1 Å². The number of hydrogen-bond donors (Lipinski definition) is 1. The minimum absolute atomic E-state index is 0.423. The highest BCUT2D eigenvalue weighted by Crippen LogP contribution is 2.37. The molecule has 0 saturated carbocycles. The van der Waals surface area contributed by atoms with Gasteiger partial charge in [-0.15, -0.1) is 0 Å². The second-order valence-corrected chi connectivity index (χ2v) is 9.30. The van der Waals surface area contributed by atoms with E-state index >= 15 is 4.39 Å². The summed E-state index contributed by atoms with van der Waals surface area (Å²) in [6, 6.07) is 15.8. The second kappa shape index (κ2) is 16.3. The normalized spacial score (nSPS) is 12.9. The number of ether oxygens (including phenoxy) is 1.